The molecular formula is C17H22O4. The quantitative estimate of drug-likeness (QED) is 0.669. The van der Waals surface area contributed by atoms with Crippen molar-refractivity contribution >= 4 is 5.97 Å². The van der Waals surface area contributed by atoms with Crippen molar-refractivity contribution in [1.29, 1.82) is 0 Å². The maximum absolute atomic E-state index is 12.2. The molecule has 1 aromatic carbocycles. The van der Waals surface area contributed by atoms with Gasteiger partial charge in [0.05, 0.1) is 12.7 Å². The van der Waals surface area contributed by atoms with Crippen molar-refractivity contribution in [2.75, 3.05) is 7.11 Å². The molecule has 1 fully saturated rings. The number of hydrogen-bond donors (Lipinski definition) is 1. The fourth-order valence-corrected chi connectivity index (χ4v) is 2.74. The Kier molecular flexibility index (Phi) is 5.02. The Labute approximate surface area is 125 Å². The molecule has 1 N–H and O–H groups in total. The van der Waals surface area contributed by atoms with Crippen molar-refractivity contribution in [1.82, 2.24) is 0 Å². The first kappa shape index (κ1) is 15.6. The number of carbonyl (C=O) groups is 1. The second kappa shape index (κ2) is 6.76. The van der Waals surface area contributed by atoms with Crippen LogP contribution in [0.3, 0.4) is 0 Å². The first-order valence-electron chi connectivity index (χ1n) is 7.29. The summed E-state index contributed by atoms with van der Waals surface area (Å²) in [5.74, 6) is 0.222. The van der Waals surface area contributed by atoms with Crippen molar-refractivity contribution in [3.05, 3.63) is 42.5 Å². The largest absolute Gasteiger partial charge is 0.497 e. The summed E-state index contributed by atoms with van der Waals surface area (Å²) in [5, 5.41) is 10.6. The van der Waals surface area contributed by atoms with Crippen LogP contribution >= 0.6 is 0 Å². The molecule has 0 aromatic heterocycles. The summed E-state index contributed by atoms with van der Waals surface area (Å²) in [6, 6.07) is 6.70. The normalized spacial score (nSPS) is 18.6. The third kappa shape index (κ3) is 3.64. The van der Waals surface area contributed by atoms with E-state index in [4.69, 9.17) is 9.47 Å². The monoisotopic (exact) mass is 290 g/mol. The fourth-order valence-electron chi connectivity index (χ4n) is 2.74. The Morgan fingerprint density at radius 3 is 2.43 bits per heavy atom. The van der Waals surface area contributed by atoms with Crippen molar-refractivity contribution in [3.63, 3.8) is 0 Å². The van der Waals surface area contributed by atoms with Gasteiger partial charge >= 0.3 is 5.97 Å². The molecule has 114 valence electrons. The molecule has 0 spiro atoms. The molecule has 0 saturated heterocycles. The topological polar surface area (TPSA) is 55.8 Å². The highest BCUT2D eigenvalue weighted by atomic mass is 16.6. The van der Waals surface area contributed by atoms with Gasteiger partial charge in [-0.15, -0.1) is 0 Å². The van der Waals surface area contributed by atoms with Gasteiger partial charge in [-0.25, -0.2) is 4.79 Å². The molecule has 2 rings (SSSR count). The molecule has 1 saturated carbocycles. The maximum atomic E-state index is 12.2. The van der Waals surface area contributed by atoms with Crippen LogP contribution in [0.1, 0.15) is 42.5 Å². The zero-order valence-corrected chi connectivity index (χ0v) is 12.4. The van der Waals surface area contributed by atoms with Gasteiger partial charge < -0.3 is 14.6 Å². The van der Waals surface area contributed by atoms with Crippen LogP contribution in [0, 0.1) is 0 Å². The first-order chi connectivity index (χ1) is 10.1. The predicted molar refractivity (Wildman–Crippen MR) is 80.4 cm³/mol. The van der Waals surface area contributed by atoms with Crippen LogP contribution in [-0.4, -0.2) is 29.9 Å². The van der Waals surface area contributed by atoms with Crippen LogP contribution in [0.25, 0.3) is 0 Å². The molecule has 1 aromatic rings. The van der Waals surface area contributed by atoms with Gasteiger partial charge in [0, 0.05) is 0 Å². The second-order valence-corrected chi connectivity index (χ2v) is 5.45. The van der Waals surface area contributed by atoms with E-state index in [1.807, 2.05) is 0 Å². The van der Waals surface area contributed by atoms with Gasteiger partial charge in [-0.2, -0.15) is 0 Å². The summed E-state index contributed by atoms with van der Waals surface area (Å²) in [4.78, 5) is 12.2. The molecular weight excluding hydrogens is 268 g/mol. The number of rotatable bonds is 5. The summed E-state index contributed by atoms with van der Waals surface area (Å²) in [5.41, 5.74) is -0.552. The highest BCUT2D eigenvalue weighted by Gasteiger charge is 2.38. The summed E-state index contributed by atoms with van der Waals surface area (Å²) in [6.45, 7) is 3.70. The molecule has 1 aliphatic carbocycles. The van der Waals surface area contributed by atoms with E-state index in [-0.39, 0.29) is 0 Å². The number of methoxy groups -OCH3 is 1. The lowest BCUT2D eigenvalue weighted by Crippen LogP contribution is -2.45. The van der Waals surface area contributed by atoms with Crippen molar-refractivity contribution < 1.29 is 19.4 Å². The van der Waals surface area contributed by atoms with E-state index >= 15 is 0 Å². The second-order valence-electron chi connectivity index (χ2n) is 5.45. The smallest absolute Gasteiger partial charge is 0.338 e. The van der Waals surface area contributed by atoms with Crippen LogP contribution in [0.5, 0.6) is 5.75 Å². The average molecular weight is 290 g/mol. The minimum atomic E-state index is -0.984. The highest BCUT2D eigenvalue weighted by molar-refractivity contribution is 5.89. The van der Waals surface area contributed by atoms with Crippen LogP contribution in [0.15, 0.2) is 36.9 Å². The fraction of sp³-hybridized carbons (Fsp3) is 0.471. The third-order valence-corrected chi connectivity index (χ3v) is 4.02. The highest BCUT2D eigenvalue weighted by Crippen LogP contribution is 2.33. The SMILES string of the molecule is C=C[C@@H](OC(=O)c1ccc(OC)cc1)C1(O)CCCCC1. The van der Waals surface area contributed by atoms with E-state index < -0.39 is 17.7 Å². The minimum absolute atomic E-state index is 0.432. The van der Waals surface area contributed by atoms with Crippen LogP contribution in [0.4, 0.5) is 0 Å². The number of benzene rings is 1. The lowest BCUT2D eigenvalue weighted by molar-refractivity contribution is -0.0852. The lowest BCUT2D eigenvalue weighted by Gasteiger charge is -2.36. The van der Waals surface area contributed by atoms with Gasteiger partial charge in [-0.3, -0.25) is 0 Å². The molecule has 0 radical (unpaired) electrons. The van der Waals surface area contributed by atoms with E-state index in [1.54, 1.807) is 31.4 Å². The Morgan fingerprint density at radius 1 is 1.29 bits per heavy atom. The van der Waals surface area contributed by atoms with Crippen LogP contribution in [0.2, 0.25) is 0 Å². The number of esters is 1. The van der Waals surface area contributed by atoms with Gasteiger partial charge in [0.25, 0.3) is 0 Å². The number of hydrogen-bond acceptors (Lipinski definition) is 4. The molecule has 0 bridgehead atoms. The van der Waals surface area contributed by atoms with Crippen LogP contribution < -0.4 is 4.74 Å². The molecule has 4 heteroatoms. The number of aliphatic hydroxyl groups is 1. The van der Waals surface area contributed by atoms with Crippen LogP contribution in [-0.2, 0) is 4.74 Å². The molecule has 1 aliphatic rings. The van der Waals surface area contributed by atoms with E-state index in [0.29, 0.717) is 24.2 Å². The van der Waals surface area contributed by atoms with Gasteiger partial charge in [0.2, 0.25) is 0 Å². The van der Waals surface area contributed by atoms with E-state index in [1.165, 1.54) is 6.08 Å². The van der Waals surface area contributed by atoms with Crippen molar-refractivity contribution in [2.45, 2.75) is 43.8 Å². The standard InChI is InChI=1S/C17H22O4/c1-3-15(17(19)11-5-4-6-12-17)21-16(18)13-7-9-14(20-2)10-8-13/h3,7-10,15,19H,1,4-6,11-12H2,2H3/t15-/m1/s1. The molecule has 1 atom stereocenters. The Bertz CT molecular complexity index is 486. The zero-order valence-electron chi connectivity index (χ0n) is 12.4. The van der Waals surface area contributed by atoms with E-state index in [9.17, 15) is 9.90 Å². The summed E-state index contributed by atoms with van der Waals surface area (Å²) >= 11 is 0. The Balaban J connectivity index is 2.06. The minimum Gasteiger partial charge on any atom is -0.497 e. The summed E-state index contributed by atoms with van der Waals surface area (Å²) in [6.07, 6.45) is 5.12. The van der Waals surface area contributed by atoms with Crippen molar-refractivity contribution in [2.24, 2.45) is 0 Å². The third-order valence-electron chi connectivity index (χ3n) is 4.02. The summed E-state index contributed by atoms with van der Waals surface area (Å²) in [7, 11) is 1.57. The molecule has 0 heterocycles. The average Bonchev–Trinajstić information content (AvgIpc) is 2.53. The molecule has 4 nitrogen and oxygen atoms in total. The number of carbonyl (C=O) groups excluding carboxylic acids is 1. The number of ether oxygens (including phenoxy) is 2. The Hall–Kier alpha value is -1.81. The molecule has 0 aliphatic heterocycles. The Morgan fingerprint density at radius 2 is 1.90 bits per heavy atom. The van der Waals surface area contributed by atoms with Gasteiger partial charge in [0.15, 0.2) is 0 Å². The zero-order chi connectivity index (χ0) is 15.3. The van der Waals surface area contributed by atoms with Crippen molar-refractivity contribution in [3.8, 4) is 5.75 Å². The first-order valence-corrected chi connectivity index (χ1v) is 7.29. The van der Waals surface area contributed by atoms with Gasteiger partial charge in [0.1, 0.15) is 17.5 Å². The van der Waals surface area contributed by atoms with E-state index in [0.717, 1.165) is 19.3 Å². The molecule has 21 heavy (non-hydrogen) atoms. The van der Waals surface area contributed by atoms with Gasteiger partial charge in [-0.05, 0) is 43.2 Å². The predicted octanol–water partition coefficient (Wildman–Crippen LogP) is 3.10. The maximum Gasteiger partial charge on any atom is 0.338 e. The summed E-state index contributed by atoms with van der Waals surface area (Å²) < 4.78 is 10.5. The molecule has 0 unspecified atom stereocenters. The lowest BCUT2D eigenvalue weighted by atomic mass is 9.80. The molecule has 0 amide bonds. The van der Waals surface area contributed by atoms with E-state index in [2.05, 4.69) is 6.58 Å². The van der Waals surface area contributed by atoms with Gasteiger partial charge in [-0.1, -0.05) is 25.8 Å².